The fraction of sp³-hybridized carbons (Fsp3) is 0.440. The molecule has 4 aliphatic heterocycles. The summed E-state index contributed by atoms with van der Waals surface area (Å²) >= 11 is 0. The van der Waals surface area contributed by atoms with E-state index < -0.39 is 0 Å². The van der Waals surface area contributed by atoms with Gasteiger partial charge in [0.25, 0.3) is 11.8 Å². The highest BCUT2D eigenvalue weighted by molar-refractivity contribution is 5.95. The Labute approximate surface area is 528 Å². The number of fused-ring (bicyclic) bond motifs is 2. The number of H-pyrrole nitrogens is 1. The molecular weight excluding hydrogens is 1110 g/mol. The molecule has 2 amide bonds. The lowest BCUT2D eigenvalue weighted by atomic mass is 9.85. The molecule has 0 saturated carbocycles. The first kappa shape index (κ1) is 63.4. The second-order valence-electron chi connectivity index (χ2n) is 25.7. The van der Waals surface area contributed by atoms with Gasteiger partial charge in [-0.1, -0.05) is 66.7 Å². The number of amides is 2. The summed E-state index contributed by atoms with van der Waals surface area (Å²) in [6.07, 6.45) is 5.28. The van der Waals surface area contributed by atoms with Crippen molar-refractivity contribution in [2.45, 2.75) is 72.3 Å². The fourth-order valence-electron chi connectivity index (χ4n) is 13.6. The minimum Gasteiger partial charge on any atom is -0.457 e. The molecule has 1 atom stereocenters. The molecule has 1 N–H and O–H groups in total. The summed E-state index contributed by atoms with van der Waals surface area (Å²) < 4.78 is 22.0. The van der Waals surface area contributed by atoms with Crippen molar-refractivity contribution in [2.75, 3.05) is 145 Å². The number of aromatic amines is 1. The number of rotatable bonds is 20. The van der Waals surface area contributed by atoms with Gasteiger partial charge in [-0.25, -0.2) is 4.39 Å². The standard InChI is InChI=1S/C38H49N5O.C37H46FN5O2/c1-29-30(2)39-37-15-14-33(28-36(29)37)35(13-8-17-41-21-19-40(3)20-22-41)32-11-7-12-34(27-32)38(44)43-25-23-42(24-26-43)18-16-31-9-5-4-6-10-31;1-28-29(2)43(16-5-15-40-20-18-39(3)19-21-40)36-13-12-34(27-35(28)36)45-33-7-4-6-31(26-33)37(44)42-24-22-41(23-25-42)17-14-30-8-10-32(38)11-9-30/h4-7,9-12,14-15,27-28,35,39H,8,13,16-26H2,1-3H3;4,6-13,26-27H,5,14-25H2,1-3H3. The lowest BCUT2D eigenvalue weighted by Gasteiger charge is -2.35. The summed E-state index contributed by atoms with van der Waals surface area (Å²) in [5.74, 6) is 1.69. The molecule has 4 fully saturated rings. The van der Waals surface area contributed by atoms with E-state index in [9.17, 15) is 14.0 Å². The number of benzene rings is 6. The zero-order valence-electron chi connectivity index (χ0n) is 53.9. The van der Waals surface area contributed by atoms with Gasteiger partial charge in [0.15, 0.2) is 0 Å². The number of aromatic nitrogens is 2. The Balaban J connectivity index is 0.000000184. The number of ether oxygens (including phenoxy) is 1. The Morgan fingerprint density at radius 1 is 0.483 bits per heavy atom. The van der Waals surface area contributed by atoms with E-state index in [0.717, 1.165) is 173 Å². The van der Waals surface area contributed by atoms with Crippen LogP contribution in [0.2, 0.25) is 0 Å². The predicted octanol–water partition coefficient (Wildman–Crippen LogP) is 11.8. The molecule has 4 saturated heterocycles. The van der Waals surface area contributed by atoms with Crippen LogP contribution in [0.3, 0.4) is 0 Å². The van der Waals surface area contributed by atoms with E-state index in [1.807, 2.05) is 53.4 Å². The zero-order valence-corrected chi connectivity index (χ0v) is 53.9. The maximum atomic E-state index is 13.8. The minimum absolute atomic E-state index is 0.0363. The highest BCUT2D eigenvalue weighted by Crippen LogP contribution is 2.35. The monoisotopic (exact) mass is 1200 g/mol. The quantitative estimate of drug-likeness (QED) is 0.0801. The molecule has 0 radical (unpaired) electrons. The third-order valence-corrected chi connectivity index (χ3v) is 19.7. The summed E-state index contributed by atoms with van der Waals surface area (Å²) in [5, 5.41) is 2.52. The minimum atomic E-state index is -0.204. The van der Waals surface area contributed by atoms with E-state index in [2.05, 4.69) is 165 Å². The lowest BCUT2D eigenvalue weighted by molar-refractivity contribution is 0.0632. The normalized spacial score (nSPS) is 17.3. The van der Waals surface area contributed by atoms with Gasteiger partial charge in [0, 0.05) is 175 Å². The molecule has 6 heterocycles. The zero-order chi connectivity index (χ0) is 61.8. The lowest BCUT2D eigenvalue weighted by Crippen LogP contribution is -2.49. The molecule has 14 heteroatoms. The first-order chi connectivity index (χ1) is 43.3. The number of hydrogen-bond acceptors (Lipinski definition) is 9. The molecule has 470 valence electrons. The van der Waals surface area contributed by atoms with E-state index in [4.69, 9.17) is 4.74 Å². The topological polar surface area (TPSA) is 90.0 Å². The van der Waals surface area contributed by atoms with Gasteiger partial charge >= 0.3 is 0 Å². The number of piperazine rings is 4. The average molecular weight is 1200 g/mol. The van der Waals surface area contributed by atoms with Crippen molar-refractivity contribution in [2.24, 2.45) is 0 Å². The van der Waals surface area contributed by atoms with Crippen LogP contribution in [0, 0.1) is 33.5 Å². The number of hydrogen-bond donors (Lipinski definition) is 1. The van der Waals surface area contributed by atoms with Gasteiger partial charge in [-0.2, -0.15) is 0 Å². The molecule has 0 bridgehead atoms. The third-order valence-electron chi connectivity index (χ3n) is 19.7. The number of carbonyl (C=O) groups is 2. The van der Waals surface area contributed by atoms with Crippen LogP contribution in [0.25, 0.3) is 21.8 Å². The van der Waals surface area contributed by atoms with Crippen molar-refractivity contribution < 1.29 is 18.7 Å². The molecule has 0 aliphatic carbocycles. The Morgan fingerprint density at radius 3 is 1.65 bits per heavy atom. The summed E-state index contributed by atoms with van der Waals surface area (Å²) in [6, 6.07) is 46.7. The number of nitrogens with one attached hydrogen (secondary N) is 1. The van der Waals surface area contributed by atoms with Gasteiger partial charge in [-0.15, -0.1) is 0 Å². The van der Waals surface area contributed by atoms with E-state index in [-0.39, 0.29) is 23.5 Å². The first-order valence-corrected chi connectivity index (χ1v) is 33.0. The van der Waals surface area contributed by atoms with Crippen molar-refractivity contribution in [3.05, 3.63) is 201 Å². The highest BCUT2D eigenvalue weighted by Gasteiger charge is 2.26. The van der Waals surface area contributed by atoms with Crippen LogP contribution in [0.1, 0.15) is 90.7 Å². The first-order valence-electron chi connectivity index (χ1n) is 33.0. The maximum Gasteiger partial charge on any atom is 0.254 e. The molecule has 13 nitrogen and oxygen atoms in total. The van der Waals surface area contributed by atoms with Crippen molar-refractivity contribution in [3.63, 3.8) is 0 Å². The van der Waals surface area contributed by atoms with Crippen molar-refractivity contribution >= 4 is 33.6 Å². The van der Waals surface area contributed by atoms with E-state index >= 15 is 0 Å². The molecule has 6 aromatic carbocycles. The highest BCUT2D eigenvalue weighted by atomic mass is 19.1. The van der Waals surface area contributed by atoms with Gasteiger partial charge in [-0.05, 0) is 193 Å². The Morgan fingerprint density at radius 2 is 1.02 bits per heavy atom. The number of nitrogens with zero attached hydrogens (tertiary/aromatic N) is 9. The smallest absolute Gasteiger partial charge is 0.254 e. The van der Waals surface area contributed by atoms with Crippen LogP contribution in [-0.2, 0) is 19.4 Å². The number of halogens is 1. The molecule has 2 aromatic heterocycles. The van der Waals surface area contributed by atoms with Gasteiger partial charge in [0.2, 0.25) is 0 Å². The molecule has 1 unspecified atom stereocenters. The SMILES string of the molecule is Cc1[nH]c2ccc(C(CCCN3CCN(C)CC3)c3cccc(C(=O)N4CCN(CCc5ccccc5)CC4)c3)cc2c1C.Cc1c(C)n(CCCN2CCN(C)CC2)c2ccc(Oc3cccc(C(=O)N4CCN(CCc5ccc(F)cc5)CC4)c3)cc12. The predicted molar refractivity (Wildman–Crippen MR) is 361 cm³/mol. The van der Waals surface area contributed by atoms with Gasteiger partial charge in [0.1, 0.15) is 17.3 Å². The molecule has 0 spiro atoms. The summed E-state index contributed by atoms with van der Waals surface area (Å²) in [6.45, 7) is 29.7. The van der Waals surface area contributed by atoms with Crippen LogP contribution < -0.4 is 4.74 Å². The van der Waals surface area contributed by atoms with E-state index in [1.54, 1.807) is 0 Å². The summed E-state index contributed by atoms with van der Waals surface area (Å²) in [7, 11) is 4.42. The van der Waals surface area contributed by atoms with Crippen molar-refractivity contribution in [1.82, 2.24) is 48.8 Å². The van der Waals surface area contributed by atoms with Gasteiger partial charge < -0.3 is 43.7 Å². The average Bonchev–Trinajstić information content (AvgIpc) is 1.87. The fourth-order valence-corrected chi connectivity index (χ4v) is 13.6. The van der Waals surface area contributed by atoms with Crippen LogP contribution in [0.5, 0.6) is 11.5 Å². The number of likely N-dealkylation sites (N-methyl/N-ethyl adjacent to an activating group) is 2. The van der Waals surface area contributed by atoms with E-state index in [1.165, 1.54) is 73.1 Å². The molecule has 4 aliphatic rings. The summed E-state index contributed by atoms with van der Waals surface area (Å²) in [4.78, 5) is 49.5. The number of aryl methyl sites for hydroxylation is 4. The van der Waals surface area contributed by atoms with Crippen LogP contribution >= 0.6 is 0 Å². The molecular formula is C75H95FN10O3. The largest absolute Gasteiger partial charge is 0.457 e. The second-order valence-corrected chi connectivity index (χ2v) is 25.7. The number of carbonyl (C=O) groups excluding carboxylic acids is 2. The molecule has 12 rings (SSSR count). The Bertz CT molecular complexity index is 3610. The van der Waals surface area contributed by atoms with Crippen molar-refractivity contribution in [3.8, 4) is 11.5 Å². The molecule has 89 heavy (non-hydrogen) atoms. The molecule has 8 aromatic rings. The second kappa shape index (κ2) is 30.1. The third kappa shape index (κ3) is 16.4. The van der Waals surface area contributed by atoms with Crippen molar-refractivity contribution in [1.29, 1.82) is 0 Å². The van der Waals surface area contributed by atoms with Crippen LogP contribution in [0.4, 0.5) is 4.39 Å². The van der Waals surface area contributed by atoms with Gasteiger partial charge in [-0.3, -0.25) is 19.4 Å². The van der Waals surface area contributed by atoms with Gasteiger partial charge in [0.05, 0.1) is 0 Å². The van der Waals surface area contributed by atoms with Crippen LogP contribution in [0.15, 0.2) is 140 Å². The Kier molecular flexibility index (Phi) is 21.4. The van der Waals surface area contributed by atoms with Crippen LogP contribution in [-0.4, -0.2) is 206 Å². The van der Waals surface area contributed by atoms with E-state index in [0.29, 0.717) is 24.4 Å². The Hall–Kier alpha value is -7.17. The maximum absolute atomic E-state index is 13.8. The summed E-state index contributed by atoms with van der Waals surface area (Å²) in [5.41, 5.74) is 14.2.